The summed E-state index contributed by atoms with van der Waals surface area (Å²) >= 11 is 5.70. The molecule has 8 heteroatoms. The van der Waals surface area contributed by atoms with Crippen molar-refractivity contribution in [1.29, 1.82) is 0 Å². The molecule has 0 unspecified atom stereocenters. The minimum absolute atomic E-state index is 0.645. The maximum atomic E-state index is 5.71. The third kappa shape index (κ3) is 4.14. The number of thiophene rings is 2. The highest BCUT2D eigenvalue weighted by atomic mass is 127. The van der Waals surface area contributed by atoms with Crippen LogP contribution in [0.25, 0.3) is 20.4 Å². The van der Waals surface area contributed by atoms with Crippen LogP contribution in [0.2, 0.25) is 0 Å². The zero-order chi connectivity index (χ0) is 17.8. The van der Waals surface area contributed by atoms with Gasteiger partial charge in [-0.1, -0.05) is 30.3 Å². The minimum Gasteiger partial charge on any atom is -0.371 e. The van der Waals surface area contributed by atoms with Gasteiger partial charge in [0, 0.05) is 4.88 Å². The van der Waals surface area contributed by atoms with Crippen LogP contribution in [0.15, 0.2) is 54.0 Å². The van der Waals surface area contributed by atoms with Gasteiger partial charge in [-0.3, -0.25) is 10.2 Å². The van der Waals surface area contributed by atoms with Crippen molar-refractivity contribution in [3.63, 3.8) is 0 Å². The van der Waals surface area contributed by atoms with Crippen molar-refractivity contribution in [1.82, 2.24) is 20.4 Å². The van der Waals surface area contributed by atoms with Crippen LogP contribution in [0.1, 0.15) is 10.4 Å². The van der Waals surface area contributed by atoms with Gasteiger partial charge in [-0.25, -0.2) is 0 Å². The summed E-state index contributed by atoms with van der Waals surface area (Å²) in [5, 5.41) is 16.0. The fourth-order valence-electron chi connectivity index (χ4n) is 2.42. The second-order valence-corrected chi connectivity index (χ2v) is 8.67. The van der Waals surface area contributed by atoms with E-state index in [2.05, 4.69) is 61.2 Å². The Morgan fingerprint density at radius 1 is 1.08 bits per heavy atom. The molecular weight excluding hydrogens is 479 g/mol. The molecule has 0 aliphatic rings. The molecule has 0 atom stereocenters. The molecule has 0 aliphatic heterocycles. The van der Waals surface area contributed by atoms with Crippen LogP contribution in [0.5, 0.6) is 0 Å². The predicted octanol–water partition coefficient (Wildman–Crippen LogP) is 5.57. The highest BCUT2D eigenvalue weighted by Gasteiger charge is 2.08. The average Bonchev–Trinajstić information content (AvgIpc) is 3.40. The van der Waals surface area contributed by atoms with Gasteiger partial charge in [0.05, 0.1) is 34.3 Å². The molecule has 0 aliphatic carbocycles. The van der Waals surface area contributed by atoms with Crippen molar-refractivity contribution in [2.45, 2.75) is 13.2 Å². The number of nitrogens with zero attached hydrogens (tertiary/aromatic N) is 2. The van der Waals surface area contributed by atoms with E-state index in [-0.39, 0.29) is 0 Å². The van der Waals surface area contributed by atoms with E-state index >= 15 is 0 Å². The first kappa shape index (κ1) is 17.7. The van der Waals surface area contributed by atoms with Gasteiger partial charge in [0.15, 0.2) is 0 Å². The van der Waals surface area contributed by atoms with Crippen LogP contribution in [-0.2, 0) is 18.0 Å². The predicted molar refractivity (Wildman–Crippen MR) is 116 cm³/mol. The number of H-pyrrole nitrogens is 2. The van der Waals surface area contributed by atoms with Gasteiger partial charge < -0.3 is 4.74 Å². The minimum atomic E-state index is 0.645. The maximum absolute atomic E-state index is 5.71. The Kier molecular flexibility index (Phi) is 5.63. The van der Waals surface area contributed by atoms with Crippen molar-refractivity contribution < 1.29 is 4.74 Å². The molecule has 0 bridgehead atoms. The summed E-state index contributed by atoms with van der Waals surface area (Å²) < 4.78 is 9.26. The smallest absolute Gasteiger partial charge is 0.114 e. The third-order valence-electron chi connectivity index (χ3n) is 3.66. The van der Waals surface area contributed by atoms with Gasteiger partial charge in [-0.15, -0.1) is 22.7 Å². The van der Waals surface area contributed by atoms with Crippen molar-refractivity contribution in [3.05, 3.63) is 68.2 Å². The molecule has 132 valence electrons. The Labute approximate surface area is 171 Å². The summed E-state index contributed by atoms with van der Waals surface area (Å²) in [5.74, 6) is 0. The summed E-state index contributed by atoms with van der Waals surface area (Å²) in [6.07, 6.45) is 1.83. The Morgan fingerprint density at radius 3 is 2.77 bits per heavy atom. The lowest BCUT2D eigenvalue weighted by molar-refractivity contribution is 0.109. The van der Waals surface area contributed by atoms with Gasteiger partial charge >= 0.3 is 0 Å². The van der Waals surface area contributed by atoms with E-state index in [1.807, 2.05) is 35.8 Å². The highest BCUT2D eigenvalue weighted by molar-refractivity contribution is 14.1. The standard InChI is InChI=1S/C13H11IN2OS.C5H4N2S/c14-13-12-11(15-16-13)6-10(18-12)8-17-7-9-4-2-1-3-5-9;1-2-8-5-3-6-7-4(1)5/h1-6H,7-8H2,(H,15,16);1-3H,(H,6,7). The normalized spacial score (nSPS) is 11.0. The maximum Gasteiger partial charge on any atom is 0.114 e. The summed E-state index contributed by atoms with van der Waals surface area (Å²) in [5.41, 5.74) is 3.37. The Bertz CT molecular complexity index is 1050. The molecule has 5 nitrogen and oxygen atoms in total. The van der Waals surface area contributed by atoms with E-state index < -0.39 is 0 Å². The second kappa shape index (κ2) is 8.30. The quantitative estimate of drug-likeness (QED) is 0.321. The number of hydrogen-bond acceptors (Lipinski definition) is 5. The van der Waals surface area contributed by atoms with Crippen LogP contribution >= 0.6 is 45.3 Å². The first-order valence-electron chi connectivity index (χ1n) is 7.90. The molecule has 0 fully saturated rings. The fourth-order valence-corrected chi connectivity index (χ4v) is 4.77. The first-order chi connectivity index (χ1) is 12.8. The van der Waals surface area contributed by atoms with Crippen molar-refractivity contribution in [2.75, 3.05) is 0 Å². The monoisotopic (exact) mass is 494 g/mol. The van der Waals surface area contributed by atoms with Crippen LogP contribution in [0, 0.1) is 3.70 Å². The summed E-state index contributed by atoms with van der Waals surface area (Å²) in [4.78, 5) is 1.22. The third-order valence-corrected chi connectivity index (χ3v) is 6.77. The second-order valence-electron chi connectivity index (χ2n) is 5.51. The number of hydrogen-bond donors (Lipinski definition) is 2. The van der Waals surface area contributed by atoms with E-state index in [1.54, 1.807) is 22.7 Å². The number of fused-ring (bicyclic) bond motifs is 2. The topological polar surface area (TPSA) is 66.6 Å². The molecule has 0 radical (unpaired) electrons. The van der Waals surface area contributed by atoms with E-state index in [9.17, 15) is 0 Å². The average molecular weight is 494 g/mol. The number of halogens is 1. The first-order valence-corrected chi connectivity index (χ1v) is 10.7. The summed E-state index contributed by atoms with van der Waals surface area (Å²) in [6, 6.07) is 14.3. The molecule has 0 spiro atoms. The molecule has 0 saturated heterocycles. The number of rotatable bonds is 4. The van der Waals surface area contributed by atoms with E-state index in [0.29, 0.717) is 13.2 Å². The van der Waals surface area contributed by atoms with Crippen LogP contribution < -0.4 is 0 Å². The number of aromatic amines is 2. The largest absolute Gasteiger partial charge is 0.371 e. The van der Waals surface area contributed by atoms with Gasteiger partial charge in [0.25, 0.3) is 0 Å². The molecule has 2 N–H and O–H groups in total. The number of aromatic nitrogens is 4. The van der Waals surface area contributed by atoms with E-state index in [1.165, 1.54) is 19.8 Å². The van der Waals surface area contributed by atoms with E-state index in [0.717, 1.165) is 14.7 Å². The van der Waals surface area contributed by atoms with Gasteiger partial charge in [-0.05, 0) is 45.7 Å². The molecule has 5 rings (SSSR count). The van der Waals surface area contributed by atoms with Gasteiger partial charge in [-0.2, -0.15) is 10.2 Å². The summed E-state index contributed by atoms with van der Waals surface area (Å²) in [7, 11) is 0. The molecule has 5 aromatic rings. The molecular formula is C18H15IN4OS2. The van der Waals surface area contributed by atoms with Crippen molar-refractivity contribution >= 4 is 65.7 Å². The zero-order valence-electron chi connectivity index (χ0n) is 13.6. The van der Waals surface area contributed by atoms with Crippen LogP contribution in [0.4, 0.5) is 0 Å². The van der Waals surface area contributed by atoms with Crippen LogP contribution in [-0.4, -0.2) is 20.4 Å². The van der Waals surface area contributed by atoms with Gasteiger partial charge in [0.1, 0.15) is 9.22 Å². The lowest BCUT2D eigenvalue weighted by atomic mass is 10.2. The molecule has 4 aromatic heterocycles. The van der Waals surface area contributed by atoms with Crippen molar-refractivity contribution in [2.24, 2.45) is 0 Å². The Hall–Kier alpha value is -1.75. The number of nitrogens with one attached hydrogen (secondary N) is 2. The highest BCUT2D eigenvalue weighted by Crippen LogP contribution is 2.28. The van der Waals surface area contributed by atoms with Gasteiger partial charge in [0.2, 0.25) is 0 Å². The Balaban J connectivity index is 0.000000174. The SMILES string of the molecule is Ic1[nH]nc2cc(COCc3ccccc3)sc12.c1cc2[nH]ncc2s1. The van der Waals surface area contributed by atoms with Crippen LogP contribution in [0.3, 0.4) is 0 Å². The molecule has 0 amide bonds. The number of benzene rings is 1. The Morgan fingerprint density at radius 2 is 1.96 bits per heavy atom. The molecule has 4 heterocycles. The van der Waals surface area contributed by atoms with Crippen molar-refractivity contribution in [3.8, 4) is 0 Å². The fraction of sp³-hybridized carbons (Fsp3) is 0.111. The number of ether oxygens (including phenoxy) is 1. The lowest BCUT2D eigenvalue weighted by Gasteiger charge is -2.02. The van der Waals surface area contributed by atoms with E-state index in [4.69, 9.17) is 4.74 Å². The molecule has 0 saturated carbocycles. The molecule has 26 heavy (non-hydrogen) atoms. The zero-order valence-corrected chi connectivity index (χ0v) is 17.4. The lowest BCUT2D eigenvalue weighted by Crippen LogP contribution is -1.91. The molecule has 1 aromatic carbocycles. The summed E-state index contributed by atoms with van der Waals surface area (Å²) in [6.45, 7) is 1.30.